The summed E-state index contributed by atoms with van der Waals surface area (Å²) < 4.78 is 39.2. The molecule has 378 valence electrons. The van der Waals surface area contributed by atoms with Crippen molar-refractivity contribution in [3.63, 3.8) is 0 Å². The van der Waals surface area contributed by atoms with Crippen LogP contribution in [0.5, 0.6) is 0 Å². The summed E-state index contributed by atoms with van der Waals surface area (Å²) in [5.74, 6) is -1.99. The molecule has 0 saturated carbocycles. The summed E-state index contributed by atoms with van der Waals surface area (Å²) in [4.78, 5) is 86.3. The van der Waals surface area contributed by atoms with E-state index in [1.165, 1.54) is 0 Å². The van der Waals surface area contributed by atoms with Gasteiger partial charge in [-0.05, 0) is 110 Å². The number of amides is 2. The molecule has 0 aromatic rings. The van der Waals surface area contributed by atoms with E-state index in [9.17, 15) is 28.8 Å². The molecule has 1 saturated heterocycles. The number of esters is 4. The van der Waals surface area contributed by atoms with E-state index < -0.39 is 64.0 Å². The first kappa shape index (κ1) is 59.4. The van der Waals surface area contributed by atoms with Crippen molar-refractivity contribution in [2.24, 2.45) is 0 Å². The highest BCUT2D eigenvalue weighted by Gasteiger charge is 2.33. The van der Waals surface area contributed by atoms with Gasteiger partial charge in [-0.1, -0.05) is 0 Å². The molecule has 19 heteroatoms. The van der Waals surface area contributed by atoms with E-state index in [1.54, 1.807) is 83.1 Å². The highest BCUT2D eigenvalue weighted by Crippen LogP contribution is 2.18. The van der Waals surface area contributed by atoms with Crippen molar-refractivity contribution in [1.29, 1.82) is 0 Å². The number of ether oxygens (including phenoxy) is 7. The molecular formula is C46H86N6O13. The van der Waals surface area contributed by atoms with Gasteiger partial charge in [0, 0.05) is 71.9 Å². The first-order chi connectivity index (χ1) is 29.8. The average molecular weight is 931 g/mol. The zero-order valence-electron chi connectivity index (χ0n) is 42.6. The van der Waals surface area contributed by atoms with Crippen molar-refractivity contribution < 1.29 is 61.9 Å². The molecule has 0 radical (unpaired) electrons. The third-order valence-electron chi connectivity index (χ3n) is 8.81. The highest BCUT2D eigenvalue weighted by atomic mass is 16.6. The molecule has 2 amide bonds. The molecule has 65 heavy (non-hydrogen) atoms. The fraction of sp³-hybridized carbons (Fsp3) is 0.870. The average Bonchev–Trinajstić information content (AvgIpc) is 3.09. The van der Waals surface area contributed by atoms with Gasteiger partial charge >= 0.3 is 30.0 Å². The molecule has 0 spiro atoms. The maximum Gasteiger partial charge on any atom is 0.407 e. The minimum absolute atomic E-state index is 0.00388. The Hall–Kier alpha value is -3.62. The summed E-state index contributed by atoms with van der Waals surface area (Å²) in [7, 11) is 0. The second kappa shape index (κ2) is 27.9. The molecule has 0 bridgehead atoms. The second-order valence-electron chi connectivity index (χ2n) is 21.2. The van der Waals surface area contributed by atoms with Gasteiger partial charge in [0.1, 0.15) is 34.0 Å². The van der Waals surface area contributed by atoms with Crippen molar-refractivity contribution in [2.75, 3.05) is 112 Å². The second-order valence-corrected chi connectivity index (χ2v) is 21.2. The Balaban J connectivity index is 3.22. The third-order valence-corrected chi connectivity index (χ3v) is 8.81. The Bertz CT molecular complexity index is 1430. The Kier molecular flexibility index (Phi) is 25.5. The Morgan fingerprint density at radius 2 is 0.785 bits per heavy atom. The Morgan fingerprint density at radius 3 is 1.14 bits per heavy atom. The molecule has 1 heterocycles. The molecule has 0 aromatic carbocycles. The maximum absolute atomic E-state index is 14.1. The van der Waals surface area contributed by atoms with E-state index in [4.69, 9.17) is 33.2 Å². The van der Waals surface area contributed by atoms with Crippen LogP contribution in [0.3, 0.4) is 0 Å². The number of nitrogens with one attached hydrogen (secondary N) is 2. The van der Waals surface area contributed by atoms with E-state index in [2.05, 4.69) is 10.6 Å². The molecule has 1 aliphatic heterocycles. The molecule has 1 aliphatic rings. The van der Waals surface area contributed by atoms with E-state index in [1.807, 2.05) is 40.4 Å². The number of hydrogen-bond acceptors (Lipinski definition) is 17. The largest absolute Gasteiger partial charge is 0.459 e. The van der Waals surface area contributed by atoms with Crippen LogP contribution < -0.4 is 10.6 Å². The topological polar surface area (TPSA) is 204 Å². The smallest absolute Gasteiger partial charge is 0.407 e. The van der Waals surface area contributed by atoms with Gasteiger partial charge in [-0.25, -0.2) is 4.79 Å². The molecule has 0 aliphatic carbocycles. The first-order valence-electron chi connectivity index (χ1n) is 23.0. The summed E-state index contributed by atoms with van der Waals surface area (Å²) in [6.07, 6.45) is -0.370. The lowest BCUT2D eigenvalue weighted by Gasteiger charge is -2.37. The maximum atomic E-state index is 14.1. The molecule has 1 rings (SSSR count). The summed E-state index contributed by atoms with van der Waals surface area (Å²) in [5.41, 5.74) is -3.49. The standard InChI is InChI=1S/C46H86N6O13/c1-42(2,3)61-37(54)32-49-20-22-50(33-38(55)62-43(4,5)6)24-26-52(27-25-51(23-21-49)34-39(56)63-44(7,8)9)35(40(57)64-45(10,11)12)16-17-36(53)47-18-28-59-30-31-60-29-19-48-41(58)65-46(13,14)15/h35H,16-34H2,1-15H3,(H,47,53)(H,48,58). The zero-order valence-corrected chi connectivity index (χ0v) is 42.6. The Labute approximate surface area is 389 Å². The fourth-order valence-electron chi connectivity index (χ4n) is 6.31. The number of carbonyl (C=O) groups is 6. The van der Waals surface area contributed by atoms with Crippen molar-refractivity contribution in [2.45, 2.75) is 151 Å². The van der Waals surface area contributed by atoms with Crippen LogP contribution >= 0.6 is 0 Å². The summed E-state index contributed by atoms with van der Waals surface area (Å²) in [6.45, 7) is 31.3. The SMILES string of the molecule is CC(C)(C)OC(=O)CN1CCN(CC(=O)OC(C)(C)C)CCN(C(CCC(=O)NCCOCCOCCNC(=O)OC(C)(C)C)C(=O)OC(C)(C)C)CCN(CC(=O)OC(C)(C)C)CC1. The lowest BCUT2D eigenvalue weighted by Crippen LogP contribution is -2.53. The normalized spacial score (nSPS) is 16.6. The van der Waals surface area contributed by atoms with Gasteiger partial charge in [0.05, 0.1) is 46.1 Å². The van der Waals surface area contributed by atoms with Crippen LogP contribution in [-0.4, -0.2) is 201 Å². The van der Waals surface area contributed by atoms with Gasteiger partial charge in [0.25, 0.3) is 0 Å². The van der Waals surface area contributed by atoms with Crippen molar-refractivity contribution in [3.05, 3.63) is 0 Å². The van der Waals surface area contributed by atoms with Crippen LogP contribution in [0.25, 0.3) is 0 Å². The van der Waals surface area contributed by atoms with Crippen LogP contribution in [0.15, 0.2) is 0 Å². The van der Waals surface area contributed by atoms with Crippen LogP contribution in [-0.2, 0) is 57.1 Å². The molecular weight excluding hydrogens is 845 g/mol. The predicted octanol–water partition coefficient (Wildman–Crippen LogP) is 3.40. The van der Waals surface area contributed by atoms with E-state index in [0.717, 1.165) is 0 Å². The summed E-state index contributed by atoms with van der Waals surface area (Å²) in [6, 6.07) is -0.850. The van der Waals surface area contributed by atoms with Crippen LogP contribution in [0.4, 0.5) is 4.79 Å². The summed E-state index contributed by atoms with van der Waals surface area (Å²) >= 11 is 0. The predicted molar refractivity (Wildman–Crippen MR) is 246 cm³/mol. The molecule has 1 atom stereocenters. The highest BCUT2D eigenvalue weighted by molar-refractivity contribution is 5.79. The van der Waals surface area contributed by atoms with Gasteiger partial charge in [0.2, 0.25) is 5.91 Å². The van der Waals surface area contributed by atoms with Crippen molar-refractivity contribution >= 4 is 35.9 Å². The molecule has 19 nitrogen and oxygen atoms in total. The lowest BCUT2D eigenvalue weighted by atomic mass is 10.1. The van der Waals surface area contributed by atoms with Crippen LogP contribution in [0.1, 0.15) is 117 Å². The zero-order chi connectivity index (χ0) is 49.6. The molecule has 2 N–H and O–H groups in total. The van der Waals surface area contributed by atoms with E-state index in [-0.39, 0.29) is 71.3 Å². The quantitative estimate of drug-likeness (QED) is 0.102. The van der Waals surface area contributed by atoms with Crippen LogP contribution in [0.2, 0.25) is 0 Å². The Morgan fingerprint density at radius 1 is 0.446 bits per heavy atom. The number of alkyl carbamates (subject to hydrolysis) is 1. The van der Waals surface area contributed by atoms with Gasteiger partial charge in [0.15, 0.2) is 0 Å². The van der Waals surface area contributed by atoms with E-state index in [0.29, 0.717) is 59.0 Å². The fourth-order valence-corrected chi connectivity index (χ4v) is 6.31. The van der Waals surface area contributed by atoms with Crippen LogP contribution in [0, 0.1) is 0 Å². The van der Waals surface area contributed by atoms with Gasteiger partial charge in [-0.15, -0.1) is 0 Å². The third kappa shape index (κ3) is 32.7. The van der Waals surface area contributed by atoms with E-state index >= 15 is 0 Å². The van der Waals surface area contributed by atoms with Crippen molar-refractivity contribution in [3.8, 4) is 0 Å². The number of rotatable bonds is 20. The monoisotopic (exact) mass is 931 g/mol. The molecule has 1 fully saturated rings. The minimum atomic E-state index is -0.850. The minimum Gasteiger partial charge on any atom is -0.459 e. The number of hydrogen-bond donors (Lipinski definition) is 2. The molecule has 1 unspecified atom stereocenters. The van der Waals surface area contributed by atoms with Gasteiger partial charge < -0.3 is 43.8 Å². The van der Waals surface area contributed by atoms with Gasteiger partial charge in [-0.2, -0.15) is 0 Å². The molecule has 0 aromatic heterocycles. The van der Waals surface area contributed by atoms with Gasteiger partial charge in [-0.3, -0.25) is 43.6 Å². The number of carbonyl (C=O) groups excluding carboxylic acids is 6. The first-order valence-corrected chi connectivity index (χ1v) is 23.0. The van der Waals surface area contributed by atoms with Crippen molar-refractivity contribution in [1.82, 2.24) is 30.2 Å². The lowest BCUT2D eigenvalue weighted by molar-refractivity contribution is -0.163. The number of nitrogens with zero attached hydrogens (tertiary/aromatic N) is 4. The summed E-state index contributed by atoms with van der Waals surface area (Å²) in [5, 5.41) is 5.48.